The maximum atomic E-state index is 13.0. The van der Waals surface area contributed by atoms with E-state index in [4.69, 9.17) is 35.4 Å². The Morgan fingerprint density at radius 3 is 2.38 bits per heavy atom. The molecule has 1 amide bonds. The van der Waals surface area contributed by atoms with Gasteiger partial charge in [-0.05, 0) is 48.6 Å². The SMILES string of the molecule is O=C(NC(=S)Nc1cccc(F)c1)c1cc(Cl)cc(Cl)c1. The van der Waals surface area contributed by atoms with Crippen molar-refractivity contribution >= 4 is 52.1 Å². The first-order valence-electron chi connectivity index (χ1n) is 5.78. The Labute approximate surface area is 136 Å². The van der Waals surface area contributed by atoms with Gasteiger partial charge >= 0.3 is 0 Å². The minimum atomic E-state index is -0.465. The third-order valence-electron chi connectivity index (χ3n) is 2.43. The zero-order valence-electron chi connectivity index (χ0n) is 10.5. The van der Waals surface area contributed by atoms with Gasteiger partial charge < -0.3 is 5.32 Å². The molecule has 3 nitrogen and oxygen atoms in total. The molecule has 0 bridgehead atoms. The highest BCUT2D eigenvalue weighted by atomic mass is 35.5. The van der Waals surface area contributed by atoms with Crippen molar-refractivity contribution in [3.8, 4) is 0 Å². The normalized spacial score (nSPS) is 10.0. The van der Waals surface area contributed by atoms with E-state index in [1.807, 2.05) is 0 Å². The molecule has 0 aliphatic rings. The summed E-state index contributed by atoms with van der Waals surface area (Å²) in [5.41, 5.74) is 0.709. The third-order valence-corrected chi connectivity index (χ3v) is 3.07. The summed E-state index contributed by atoms with van der Waals surface area (Å²) in [6.07, 6.45) is 0. The second kappa shape index (κ2) is 6.85. The molecular formula is C14H9Cl2FN2OS. The lowest BCUT2D eigenvalue weighted by Crippen LogP contribution is -2.34. The van der Waals surface area contributed by atoms with Crippen molar-refractivity contribution in [2.24, 2.45) is 0 Å². The van der Waals surface area contributed by atoms with Gasteiger partial charge in [-0.1, -0.05) is 29.3 Å². The molecule has 2 aromatic carbocycles. The summed E-state index contributed by atoms with van der Waals surface area (Å²) in [7, 11) is 0. The number of hydrogen-bond donors (Lipinski definition) is 2. The number of anilines is 1. The topological polar surface area (TPSA) is 41.1 Å². The molecule has 0 radical (unpaired) electrons. The number of carbonyl (C=O) groups excluding carboxylic acids is 1. The maximum absolute atomic E-state index is 13.0. The average molecular weight is 343 g/mol. The molecule has 21 heavy (non-hydrogen) atoms. The van der Waals surface area contributed by atoms with Gasteiger partial charge in [-0.25, -0.2) is 4.39 Å². The molecule has 108 valence electrons. The Balaban J connectivity index is 2.03. The van der Waals surface area contributed by atoms with E-state index in [0.717, 1.165) is 0 Å². The van der Waals surface area contributed by atoms with Gasteiger partial charge in [-0.3, -0.25) is 10.1 Å². The average Bonchev–Trinajstić information content (AvgIpc) is 2.37. The number of hydrogen-bond acceptors (Lipinski definition) is 2. The largest absolute Gasteiger partial charge is 0.332 e. The molecule has 2 rings (SSSR count). The molecule has 0 unspecified atom stereocenters. The van der Waals surface area contributed by atoms with Crippen LogP contribution < -0.4 is 10.6 Å². The fraction of sp³-hybridized carbons (Fsp3) is 0. The number of thiocarbonyl (C=S) groups is 1. The molecule has 0 saturated carbocycles. The highest BCUT2D eigenvalue weighted by molar-refractivity contribution is 7.80. The minimum absolute atomic E-state index is 0.0432. The quantitative estimate of drug-likeness (QED) is 0.801. The monoisotopic (exact) mass is 342 g/mol. The molecule has 7 heteroatoms. The standard InChI is InChI=1S/C14H9Cl2FN2OS/c15-9-4-8(5-10(16)6-9)13(20)19-14(21)18-12-3-1-2-11(17)7-12/h1-7H,(H2,18,19,20,21). The van der Waals surface area contributed by atoms with Crippen LogP contribution in [0.5, 0.6) is 0 Å². The van der Waals surface area contributed by atoms with Crippen LogP contribution in [-0.2, 0) is 0 Å². The van der Waals surface area contributed by atoms with Crippen LogP contribution in [0.4, 0.5) is 10.1 Å². The van der Waals surface area contributed by atoms with E-state index >= 15 is 0 Å². The fourth-order valence-corrected chi connectivity index (χ4v) is 2.33. The number of rotatable bonds is 2. The summed E-state index contributed by atoms with van der Waals surface area (Å²) >= 11 is 16.6. The Morgan fingerprint density at radius 2 is 1.76 bits per heavy atom. The molecular weight excluding hydrogens is 334 g/mol. The molecule has 0 atom stereocenters. The summed E-state index contributed by atoms with van der Waals surface area (Å²) < 4.78 is 13.0. The van der Waals surface area contributed by atoms with Gasteiger partial charge in [0.2, 0.25) is 0 Å². The van der Waals surface area contributed by atoms with Crippen LogP contribution in [0.2, 0.25) is 10.0 Å². The van der Waals surface area contributed by atoms with Crippen LogP contribution in [0.25, 0.3) is 0 Å². The molecule has 0 aliphatic carbocycles. The number of carbonyl (C=O) groups is 1. The molecule has 0 saturated heterocycles. The Morgan fingerprint density at radius 1 is 1.10 bits per heavy atom. The fourth-order valence-electron chi connectivity index (χ4n) is 1.59. The van der Waals surface area contributed by atoms with Crippen LogP contribution in [0, 0.1) is 5.82 Å². The van der Waals surface area contributed by atoms with E-state index in [1.165, 1.54) is 36.4 Å². The van der Waals surface area contributed by atoms with Crippen LogP contribution in [-0.4, -0.2) is 11.0 Å². The molecule has 0 aromatic heterocycles. The maximum Gasteiger partial charge on any atom is 0.257 e. The highest BCUT2D eigenvalue weighted by Crippen LogP contribution is 2.19. The highest BCUT2D eigenvalue weighted by Gasteiger charge is 2.10. The van der Waals surface area contributed by atoms with Crippen LogP contribution in [0.1, 0.15) is 10.4 Å². The molecule has 0 aliphatic heterocycles. The van der Waals surface area contributed by atoms with Crippen LogP contribution >= 0.6 is 35.4 Å². The van der Waals surface area contributed by atoms with Crippen molar-refractivity contribution in [1.82, 2.24) is 5.32 Å². The number of amides is 1. The lowest BCUT2D eigenvalue weighted by Gasteiger charge is -2.10. The summed E-state index contributed by atoms with van der Waals surface area (Å²) in [5.74, 6) is -0.871. The Kier molecular flexibility index (Phi) is 5.12. The van der Waals surface area contributed by atoms with E-state index in [0.29, 0.717) is 15.7 Å². The molecule has 0 spiro atoms. The van der Waals surface area contributed by atoms with Crippen molar-refractivity contribution in [3.63, 3.8) is 0 Å². The first-order chi connectivity index (χ1) is 9.94. The Hall–Kier alpha value is -1.69. The van der Waals surface area contributed by atoms with Gasteiger partial charge in [0.25, 0.3) is 5.91 Å². The predicted octanol–water partition coefficient (Wildman–Crippen LogP) is 4.26. The third kappa shape index (κ3) is 4.67. The van der Waals surface area contributed by atoms with E-state index in [1.54, 1.807) is 6.07 Å². The summed E-state index contributed by atoms with van der Waals surface area (Å²) in [6, 6.07) is 10.2. The molecule has 0 heterocycles. The second-order valence-electron chi connectivity index (χ2n) is 4.08. The van der Waals surface area contributed by atoms with Crippen molar-refractivity contribution in [1.29, 1.82) is 0 Å². The second-order valence-corrected chi connectivity index (χ2v) is 5.36. The number of nitrogens with one attached hydrogen (secondary N) is 2. The summed E-state index contributed by atoms with van der Waals surface area (Å²) in [4.78, 5) is 12.0. The van der Waals surface area contributed by atoms with Gasteiger partial charge in [-0.15, -0.1) is 0 Å². The number of halogens is 3. The smallest absolute Gasteiger partial charge is 0.257 e. The minimum Gasteiger partial charge on any atom is -0.332 e. The van der Waals surface area contributed by atoms with Crippen LogP contribution in [0.3, 0.4) is 0 Å². The van der Waals surface area contributed by atoms with Crippen molar-refractivity contribution in [2.75, 3.05) is 5.32 Å². The molecule has 2 N–H and O–H groups in total. The van der Waals surface area contributed by atoms with E-state index in [2.05, 4.69) is 10.6 Å². The summed E-state index contributed by atoms with van der Waals surface area (Å²) in [5, 5.41) is 5.90. The summed E-state index contributed by atoms with van der Waals surface area (Å²) in [6.45, 7) is 0. The van der Waals surface area contributed by atoms with E-state index in [-0.39, 0.29) is 10.7 Å². The van der Waals surface area contributed by atoms with Gasteiger partial charge in [0.1, 0.15) is 5.82 Å². The van der Waals surface area contributed by atoms with Crippen molar-refractivity contribution < 1.29 is 9.18 Å². The van der Waals surface area contributed by atoms with Gasteiger partial charge in [0, 0.05) is 21.3 Å². The molecule has 0 fully saturated rings. The van der Waals surface area contributed by atoms with E-state index in [9.17, 15) is 9.18 Å². The lowest BCUT2D eigenvalue weighted by atomic mass is 10.2. The van der Waals surface area contributed by atoms with Crippen molar-refractivity contribution in [3.05, 3.63) is 63.9 Å². The van der Waals surface area contributed by atoms with Crippen LogP contribution in [0.15, 0.2) is 42.5 Å². The molecule has 2 aromatic rings. The lowest BCUT2D eigenvalue weighted by molar-refractivity contribution is 0.0977. The first kappa shape index (κ1) is 15.7. The van der Waals surface area contributed by atoms with E-state index < -0.39 is 11.7 Å². The van der Waals surface area contributed by atoms with Gasteiger partial charge in [-0.2, -0.15) is 0 Å². The van der Waals surface area contributed by atoms with Gasteiger partial charge in [0.15, 0.2) is 5.11 Å². The van der Waals surface area contributed by atoms with Gasteiger partial charge in [0.05, 0.1) is 0 Å². The zero-order valence-corrected chi connectivity index (χ0v) is 12.8. The zero-order chi connectivity index (χ0) is 15.4. The number of benzene rings is 2. The first-order valence-corrected chi connectivity index (χ1v) is 6.94. The van der Waals surface area contributed by atoms with Crippen molar-refractivity contribution in [2.45, 2.75) is 0 Å². The Bertz CT molecular complexity index is 689. The predicted molar refractivity (Wildman–Crippen MR) is 86.5 cm³/mol.